The lowest BCUT2D eigenvalue weighted by Crippen LogP contribution is -2.21. The molecule has 2 aromatic carbocycles. The number of anilines is 2. The van der Waals surface area contributed by atoms with E-state index in [2.05, 4.69) is 10.3 Å². The number of methoxy groups -OCH3 is 2. The molecule has 8 heteroatoms. The molecule has 1 aliphatic heterocycles. The molecule has 0 fully saturated rings. The van der Waals surface area contributed by atoms with Crippen molar-refractivity contribution in [2.45, 2.75) is 11.7 Å². The van der Waals surface area contributed by atoms with Gasteiger partial charge in [0, 0.05) is 43.5 Å². The zero-order valence-corrected chi connectivity index (χ0v) is 17.6. The zero-order valence-electron chi connectivity index (χ0n) is 16.8. The first-order chi connectivity index (χ1) is 13.9. The van der Waals surface area contributed by atoms with Crippen LogP contribution >= 0.6 is 11.8 Å². The average molecular weight is 413 g/mol. The number of amides is 2. The minimum absolute atomic E-state index is 0.0423. The van der Waals surface area contributed by atoms with Crippen molar-refractivity contribution in [2.24, 2.45) is 4.99 Å². The van der Waals surface area contributed by atoms with Crippen molar-refractivity contribution in [2.75, 3.05) is 38.5 Å². The van der Waals surface area contributed by atoms with Gasteiger partial charge in [-0.15, -0.1) is 0 Å². The van der Waals surface area contributed by atoms with Gasteiger partial charge in [0.1, 0.15) is 10.3 Å². The Morgan fingerprint density at radius 3 is 2.41 bits per heavy atom. The molecule has 1 heterocycles. The number of carbonyl (C=O) groups is 2. The maximum atomic E-state index is 12.4. The molecule has 29 heavy (non-hydrogen) atoms. The second kappa shape index (κ2) is 9.00. The summed E-state index contributed by atoms with van der Waals surface area (Å²) in [5.74, 6) is 0.542. The van der Waals surface area contributed by atoms with Gasteiger partial charge in [0.25, 0.3) is 5.91 Å². The summed E-state index contributed by atoms with van der Waals surface area (Å²) in [6.45, 7) is 0. The number of hydrogen-bond acceptors (Lipinski definition) is 6. The second-order valence-electron chi connectivity index (χ2n) is 6.63. The van der Waals surface area contributed by atoms with Gasteiger partial charge < -0.3 is 19.7 Å². The molecule has 0 radical (unpaired) electrons. The fourth-order valence-corrected chi connectivity index (χ4v) is 3.91. The van der Waals surface area contributed by atoms with E-state index >= 15 is 0 Å². The number of benzene rings is 2. The van der Waals surface area contributed by atoms with Gasteiger partial charge in [0.2, 0.25) is 5.91 Å². The molecule has 0 bridgehead atoms. The van der Waals surface area contributed by atoms with Crippen molar-refractivity contribution < 1.29 is 19.1 Å². The van der Waals surface area contributed by atoms with Crippen LogP contribution in [0.4, 0.5) is 11.4 Å². The summed E-state index contributed by atoms with van der Waals surface area (Å²) in [4.78, 5) is 30.8. The normalized spacial score (nSPS) is 15.7. The molecule has 0 saturated heterocycles. The lowest BCUT2D eigenvalue weighted by molar-refractivity contribution is -0.121. The van der Waals surface area contributed by atoms with Crippen LogP contribution in [0.1, 0.15) is 12.0 Å². The van der Waals surface area contributed by atoms with Crippen LogP contribution in [0.15, 0.2) is 47.5 Å². The first-order valence-corrected chi connectivity index (χ1v) is 9.88. The van der Waals surface area contributed by atoms with Crippen LogP contribution in [-0.2, 0) is 9.59 Å². The van der Waals surface area contributed by atoms with Gasteiger partial charge in [-0.05, 0) is 24.3 Å². The summed E-state index contributed by atoms with van der Waals surface area (Å²) in [5.41, 5.74) is 2.51. The molecule has 7 nitrogen and oxygen atoms in total. The maximum absolute atomic E-state index is 12.4. The molecule has 1 atom stereocenters. The van der Waals surface area contributed by atoms with E-state index in [1.54, 1.807) is 25.3 Å². The quantitative estimate of drug-likeness (QED) is 0.751. The lowest BCUT2D eigenvalue weighted by Gasteiger charge is -2.13. The summed E-state index contributed by atoms with van der Waals surface area (Å²) in [6, 6.07) is 12.9. The third-order valence-electron chi connectivity index (χ3n) is 4.41. The molecule has 152 valence electrons. The van der Waals surface area contributed by atoms with E-state index in [1.165, 1.54) is 18.9 Å². The molecular weight excluding hydrogens is 390 g/mol. The van der Waals surface area contributed by atoms with Crippen molar-refractivity contribution in [1.82, 2.24) is 0 Å². The average Bonchev–Trinajstić information content (AvgIpc) is 3.08. The first kappa shape index (κ1) is 20.7. The van der Waals surface area contributed by atoms with Crippen molar-refractivity contribution in [3.8, 4) is 11.5 Å². The highest BCUT2D eigenvalue weighted by atomic mass is 32.2. The fourth-order valence-electron chi connectivity index (χ4n) is 2.84. The van der Waals surface area contributed by atoms with Crippen LogP contribution in [0.25, 0.3) is 0 Å². The Morgan fingerprint density at radius 1 is 1.10 bits per heavy atom. The Balaban J connectivity index is 1.61. The fraction of sp³-hybridized carbons (Fsp3) is 0.286. The van der Waals surface area contributed by atoms with E-state index in [9.17, 15) is 9.59 Å². The highest BCUT2D eigenvalue weighted by Crippen LogP contribution is 2.32. The molecule has 0 spiro atoms. The monoisotopic (exact) mass is 413 g/mol. The smallest absolute Gasteiger partial charge is 0.260 e. The number of carbonyl (C=O) groups excluding carboxylic acids is 2. The predicted molar refractivity (Wildman–Crippen MR) is 116 cm³/mol. The number of ether oxygens (including phenoxy) is 2. The first-order valence-electron chi connectivity index (χ1n) is 9.00. The summed E-state index contributed by atoms with van der Waals surface area (Å²) in [5, 5.41) is 2.91. The third kappa shape index (κ3) is 4.89. The van der Waals surface area contributed by atoms with Crippen LogP contribution < -0.4 is 19.7 Å². The van der Waals surface area contributed by atoms with E-state index in [1.807, 2.05) is 43.3 Å². The largest absolute Gasteiger partial charge is 0.493 e. The molecule has 0 unspecified atom stereocenters. The Labute approximate surface area is 174 Å². The Bertz CT molecular complexity index is 941. The van der Waals surface area contributed by atoms with Gasteiger partial charge in [0.05, 0.1) is 14.2 Å². The van der Waals surface area contributed by atoms with Crippen molar-refractivity contribution in [3.63, 3.8) is 0 Å². The molecule has 1 aliphatic rings. The topological polar surface area (TPSA) is 80.2 Å². The van der Waals surface area contributed by atoms with Crippen LogP contribution in [0, 0.1) is 0 Å². The van der Waals surface area contributed by atoms with Gasteiger partial charge >= 0.3 is 0 Å². The number of rotatable bonds is 7. The maximum Gasteiger partial charge on any atom is 0.260 e. The predicted octanol–water partition coefficient (Wildman–Crippen LogP) is 3.19. The highest BCUT2D eigenvalue weighted by molar-refractivity contribution is 8.16. The van der Waals surface area contributed by atoms with E-state index < -0.39 is 5.25 Å². The Morgan fingerprint density at radius 2 is 1.79 bits per heavy atom. The van der Waals surface area contributed by atoms with Gasteiger partial charge in [0.15, 0.2) is 11.5 Å². The van der Waals surface area contributed by atoms with Crippen LogP contribution in [0.3, 0.4) is 0 Å². The van der Waals surface area contributed by atoms with Crippen LogP contribution in [0.5, 0.6) is 11.5 Å². The minimum atomic E-state index is -0.529. The molecule has 0 saturated carbocycles. The molecule has 1 N–H and O–H groups in total. The molecule has 3 rings (SSSR count). The summed E-state index contributed by atoms with van der Waals surface area (Å²) < 4.78 is 10.4. The number of nitrogens with zero attached hydrogens (tertiary/aromatic N) is 2. The van der Waals surface area contributed by atoms with Gasteiger partial charge in [-0.25, -0.2) is 4.99 Å². The summed E-state index contributed by atoms with van der Waals surface area (Å²) in [6.07, 6.45) is 0.0423. The second-order valence-corrected chi connectivity index (χ2v) is 7.82. The van der Waals surface area contributed by atoms with Crippen molar-refractivity contribution >= 4 is 40.0 Å². The van der Waals surface area contributed by atoms with E-state index in [0.29, 0.717) is 22.2 Å². The van der Waals surface area contributed by atoms with Crippen LogP contribution in [0.2, 0.25) is 0 Å². The zero-order chi connectivity index (χ0) is 21.0. The Kier molecular flexibility index (Phi) is 6.43. The summed E-state index contributed by atoms with van der Waals surface area (Å²) in [7, 11) is 7.01. The molecule has 2 aromatic rings. The Hall–Kier alpha value is -3.00. The lowest BCUT2D eigenvalue weighted by atomic mass is 10.2. The molecule has 0 aliphatic carbocycles. The van der Waals surface area contributed by atoms with E-state index in [4.69, 9.17) is 9.47 Å². The summed E-state index contributed by atoms with van der Waals surface area (Å²) >= 11 is 1.32. The highest BCUT2D eigenvalue weighted by Gasteiger charge is 2.31. The number of aliphatic imine (C=N–C) groups is 1. The van der Waals surface area contributed by atoms with Crippen LogP contribution in [-0.4, -0.2) is 50.4 Å². The minimum Gasteiger partial charge on any atom is -0.493 e. The van der Waals surface area contributed by atoms with E-state index in [-0.39, 0.29) is 18.2 Å². The molecular formula is C21H23N3O4S. The van der Waals surface area contributed by atoms with Crippen molar-refractivity contribution in [1.29, 1.82) is 0 Å². The standard InChI is InChI=1S/C21H23N3O4S/c1-24(2)15-8-5-13(6-9-15)21-23-20(26)18(29-21)12-19(25)22-14-7-10-16(27-3)17(11-14)28-4/h5-11,18H,12H2,1-4H3,(H,22,25)/t18-/m0/s1. The van der Waals surface area contributed by atoms with Crippen molar-refractivity contribution in [3.05, 3.63) is 48.0 Å². The third-order valence-corrected chi connectivity index (χ3v) is 5.61. The number of hydrogen-bond donors (Lipinski definition) is 1. The number of nitrogens with one attached hydrogen (secondary N) is 1. The SMILES string of the molecule is COc1ccc(NC(=O)C[C@@H]2SC(c3ccc(N(C)C)cc3)=NC2=O)cc1OC. The van der Waals surface area contributed by atoms with Gasteiger partial charge in [-0.3, -0.25) is 9.59 Å². The van der Waals surface area contributed by atoms with E-state index in [0.717, 1.165) is 11.3 Å². The molecule has 2 amide bonds. The van der Waals surface area contributed by atoms with Gasteiger partial charge in [-0.2, -0.15) is 0 Å². The van der Waals surface area contributed by atoms with Gasteiger partial charge in [-0.1, -0.05) is 23.9 Å². The number of thioether (sulfide) groups is 1. The molecule has 0 aromatic heterocycles.